The number of benzene rings is 4. The summed E-state index contributed by atoms with van der Waals surface area (Å²) in [4.78, 5) is 11.0. The molecular weight excluding hydrogens is 610 g/mol. The Kier molecular flexibility index (Phi) is 11.8. The lowest BCUT2D eigenvalue weighted by Crippen LogP contribution is -2.61. The van der Waals surface area contributed by atoms with E-state index in [1.165, 1.54) is 0 Å². The Hall–Kier alpha value is -4.55. The first-order valence-corrected chi connectivity index (χ1v) is 15.9. The molecule has 0 bridgehead atoms. The molecule has 5 aromatic rings. The van der Waals surface area contributed by atoms with Crippen molar-refractivity contribution < 1.29 is 33.2 Å². The third-order valence-electron chi connectivity index (χ3n) is 8.05. The Labute approximate surface area is 280 Å². The Morgan fingerprint density at radius 3 is 1.77 bits per heavy atom. The predicted octanol–water partition coefficient (Wildman–Crippen LogP) is 5.72. The summed E-state index contributed by atoms with van der Waals surface area (Å²) in [6.07, 6.45) is -0.415. The second kappa shape index (κ2) is 17.0. The van der Waals surface area contributed by atoms with Crippen molar-refractivity contribution in [1.82, 2.24) is 15.0 Å². The molecule has 0 saturated carbocycles. The molecule has 1 fully saturated rings. The van der Waals surface area contributed by atoms with E-state index in [9.17, 15) is 4.79 Å². The first-order valence-electron chi connectivity index (χ1n) is 15.9. The van der Waals surface area contributed by atoms with E-state index in [2.05, 4.69) is 10.3 Å². The van der Waals surface area contributed by atoms with Gasteiger partial charge in [0.1, 0.15) is 36.4 Å². The number of methoxy groups -OCH3 is 1. The van der Waals surface area contributed by atoms with Crippen LogP contribution in [0, 0.1) is 0 Å². The van der Waals surface area contributed by atoms with Crippen LogP contribution in [0.15, 0.2) is 121 Å². The molecule has 5 atom stereocenters. The minimum absolute atomic E-state index is 0.177. The number of rotatable bonds is 16. The zero-order chi connectivity index (χ0) is 33.0. The molecule has 248 valence electrons. The van der Waals surface area contributed by atoms with Crippen molar-refractivity contribution >= 4 is 6.29 Å². The minimum Gasteiger partial charge on any atom is -0.372 e. The fourth-order valence-corrected chi connectivity index (χ4v) is 5.55. The average molecular weight is 650 g/mol. The Morgan fingerprint density at radius 2 is 1.23 bits per heavy atom. The quantitative estimate of drug-likeness (QED) is 0.124. The van der Waals surface area contributed by atoms with E-state index in [4.69, 9.17) is 28.4 Å². The van der Waals surface area contributed by atoms with E-state index >= 15 is 0 Å². The van der Waals surface area contributed by atoms with Gasteiger partial charge in [-0.3, -0.25) is 4.79 Å². The van der Waals surface area contributed by atoms with Crippen LogP contribution in [0.3, 0.4) is 0 Å². The van der Waals surface area contributed by atoms with Crippen molar-refractivity contribution in [2.75, 3.05) is 13.7 Å². The van der Waals surface area contributed by atoms with Gasteiger partial charge in [0, 0.05) is 12.7 Å². The average Bonchev–Trinajstić information content (AvgIpc) is 3.63. The number of carbonyl (C=O) groups excluding carboxylic acids is 1. The summed E-state index contributed by atoms with van der Waals surface area (Å²) in [5.41, 5.74) is 5.08. The van der Waals surface area contributed by atoms with Crippen molar-refractivity contribution in [3.05, 3.63) is 149 Å². The van der Waals surface area contributed by atoms with Crippen molar-refractivity contribution in [2.45, 2.75) is 57.1 Å². The number of aldehydes is 1. The minimum atomic E-state index is -0.741. The highest BCUT2D eigenvalue weighted by Gasteiger charge is 2.48. The summed E-state index contributed by atoms with van der Waals surface area (Å²) in [6.45, 7) is 1.41. The molecular formula is C38H39N3O7. The maximum absolute atomic E-state index is 11.0. The fourth-order valence-electron chi connectivity index (χ4n) is 5.55. The predicted molar refractivity (Wildman–Crippen MR) is 177 cm³/mol. The molecule has 0 aliphatic carbocycles. The van der Waals surface area contributed by atoms with E-state index in [0.29, 0.717) is 31.1 Å². The molecule has 1 aliphatic heterocycles. The Balaban J connectivity index is 1.20. The van der Waals surface area contributed by atoms with E-state index in [1.54, 1.807) is 30.1 Å². The first-order chi connectivity index (χ1) is 23.7. The Morgan fingerprint density at radius 1 is 0.688 bits per heavy atom. The van der Waals surface area contributed by atoms with Crippen molar-refractivity contribution in [2.24, 2.45) is 0 Å². The molecule has 0 radical (unpaired) electrons. The summed E-state index contributed by atoms with van der Waals surface area (Å²) < 4.78 is 40.0. The normalized spacial score (nSPS) is 20.8. The lowest BCUT2D eigenvalue weighted by molar-refractivity contribution is -0.323. The van der Waals surface area contributed by atoms with Crippen LogP contribution in [0.1, 0.15) is 32.7 Å². The van der Waals surface area contributed by atoms with E-state index < -0.39 is 30.7 Å². The van der Waals surface area contributed by atoms with Gasteiger partial charge in [0.05, 0.1) is 44.9 Å². The van der Waals surface area contributed by atoms with E-state index in [-0.39, 0.29) is 13.2 Å². The molecule has 6 rings (SSSR count). The summed E-state index contributed by atoms with van der Waals surface area (Å²) >= 11 is 0. The zero-order valence-electron chi connectivity index (χ0n) is 26.7. The monoisotopic (exact) mass is 649 g/mol. The summed E-state index contributed by atoms with van der Waals surface area (Å²) in [5, 5.41) is 8.48. The maximum atomic E-state index is 11.0. The van der Waals surface area contributed by atoms with Gasteiger partial charge in [-0.2, -0.15) is 0 Å². The van der Waals surface area contributed by atoms with Crippen LogP contribution in [0.4, 0.5) is 0 Å². The molecule has 2 heterocycles. The first kappa shape index (κ1) is 33.4. The van der Waals surface area contributed by atoms with Gasteiger partial charge in [-0.15, -0.1) is 5.10 Å². The van der Waals surface area contributed by atoms with Crippen molar-refractivity contribution in [3.63, 3.8) is 0 Å². The summed E-state index contributed by atoms with van der Waals surface area (Å²) in [6, 6.07) is 37.0. The molecule has 48 heavy (non-hydrogen) atoms. The van der Waals surface area contributed by atoms with Crippen LogP contribution in [0.5, 0.6) is 0 Å². The zero-order valence-corrected chi connectivity index (χ0v) is 26.7. The lowest BCUT2D eigenvalue weighted by Gasteiger charge is -2.45. The Bertz CT molecular complexity index is 1670. The van der Waals surface area contributed by atoms with E-state index in [1.807, 2.05) is 103 Å². The summed E-state index contributed by atoms with van der Waals surface area (Å²) in [7, 11) is 1.60. The highest BCUT2D eigenvalue weighted by atomic mass is 16.7. The van der Waals surface area contributed by atoms with Gasteiger partial charge in [0.25, 0.3) is 0 Å². The molecule has 0 unspecified atom stereocenters. The number of nitrogens with zero attached hydrogens (tertiary/aromatic N) is 3. The molecule has 1 aromatic heterocycles. The summed E-state index contributed by atoms with van der Waals surface area (Å²) in [5.74, 6) is 0. The highest BCUT2D eigenvalue weighted by molar-refractivity contribution is 5.75. The highest BCUT2D eigenvalue weighted by Crippen LogP contribution is 2.31. The van der Waals surface area contributed by atoms with Gasteiger partial charge in [0.15, 0.2) is 6.29 Å². The number of carbonyl (C=O) groups is 1. The fraction of sp³-hybridized carbons (Fsp3) is 0.289. The molecule has 10 nitrogen and oxygen atoms in total. The van der Waals surface area contributed by atoms with Crippen LogP contribution in [-0.2, 0) is 54.8 Å². The van der Waals surface area contributed by atoms with Crippen molar-refractivity contribution in [3.8, 4) is 5.69 Å². The molecule has 0 amide bonds. The van der Waals surface area contributed by atoms with Crippen LogP contribution < -0.4 is 0 Å². The van der Waals surface area contributed by atoms with Gasteiger partial charge >= 0.3 is 0 Å². The standard InChI is InChI=1S/C38H39N3O7/c1-43-38-37(47-25-31-15-9-4-10-16-31)36(46-24-30-13-7-3-8-14-30)35(45-23-29-11-5-2-6-12-29)34(48-38)27-44-26-32-21-41(40-39-32)33-19-17-28(22-42)18-20-33/h2-22,34-38H,23-27H2,1H3/t34-,35-,36+,37-,38+/m1/s1. The molecule has 1 saturated heterocycles. The van der Waals surface area contributed by atoms with Gasteiger partial charge < -0.3 is 28.4 Å². The smallest absolute Gasteiger partial charge is 0.186 e. The molecule has 1 aliphatic rings. The van der Waals surface area contributed by atoms with Crippen LogP contribution in [0.25, 0.3) is 5.69 Å². The second-order valence-corrected chi connectivity index (χ2v) is 11.4. The largest absolute Gasteiger partial charge is 0.372 e. The number of hydrogen-bond acceptors (Lipinski definition) is 9. The van der Waals surface area contributed by atoms with Gasteiger partial charge in [-0.25, -0.2) is 4.68 Å². The third kappa shape index (κ3) is 8.87. The lowest BCUT2D eigenvalue weighted by atomic mass is 9.97. The molecule has 0 spiro atoms. The molecule has 10 heteroatoms. The second-order valence-electron chi connectivity index (χ2n) is 11.4. The van der Waals surface area contributed by atoms with E-state index in [0.717, 1.165) is 28.7 Å². The van der Waals surface area contributed by atoms with Crippen LogP contribution in [-0.4, -0.2) is 65.7 Å². The van der Waals surface area contributed by atoms with Gasteiger partial charge in [-0.05, 0) is 41.0 Å². The SMILES string of the molecule is CO[C@H]1O[C@H](COCc2cn(-c3ccc(C=O)cc3)nn2)[C@@H](OCc2ccccc2)[C@H](OCc2ccccc2)[C@H]1OCc1ccccc1. The van der Waals surface area contributed by atoms with Gasteiger partial charge in [0.2, 0.25) is 0 Å². The molecule has 4 aromatic carbocycles. The third-order valence-corrected chi connectivity index (χ3v) is 8.05. The van der Waals surface area contributed by atoms with Crippen LogP contribution >= 0.6 is 0 Å². The maximum Gasteiger partial charge on any atom is 0.186 e. The number of ether oxygens (including phenoxy) is 6. The van der Waals surface area contributed by atoms with Crippen molar-refractivity contribution in [1.29, 1.82) is 0 Å². The van der Waals surface area contributed by atoms with Gasteiger partial charge in [-0.1, -0.05) is 96.2 Å². The number of hydrogen-bond donors (Lipinski definition) is 0. The molecule has 0 N–H and O–H groups in total. The number of aromatic nitrogens is 3. The topological polar surface area (TPSA) is 103 Å². The van der Waals surface area contributed by atoms with Crippen LogP contribution in [0.2, 0.25) is 0 Å².